The van der Waals surface area contributed by atoms with Gasteiger partial charge in [-0.05, 0) is 29.7 Å². The first kappa shape index (κ1) is 11.5. The van der Waals surface area contributed by atoms with Gasteiger partial charge >= 0.3 is 5.97 Å². The summed E-state index contributed by atoms with van der Waals surface area (Å²) < 4.78 is 0. The standard InChI is InChI=1S/C11H10ClNO2/c1-2-9-8(6-13)3-7(4-10(9)12)5-11(14)15/h3-4H,2,5H2,1H3,(H,14,15). The lowest BCUT2D eigenvalue weighted by Crippen LogP contribution is -2.01. The molecule has 15 heavy (non-hydrogen) atoms. The van der Waals surface area contributed by atoms with Crippen LogP contribution in [0.5, 0.6) is 0 Å². The van der Waals surface area contributed by atoms with E-state index in [1.54, 1.807) is 12.1 Å². The zero-order valence-corrected chi connectivity index (χ0v) is 9.01. The number of halogens is 1. The summed E-state index contributed by atoms with van der Waals surface area (Å²) in [7, 11) is 0. The Morgan fingerprint density at radius 3 is 2.73 bits per heavy atom. The van der Waals surface area contributed by atoms with Gasteiger partial charge in [0.1, 0.15) is 0 Å². The fourth-order valence-corrected chi connectivity index (χ4v) is 1.80. The van der Waals surface area contributed by atoms with E-state index < -0.39 is 5.97 Å². The second-order valence-electron chi connectivity index (χ2n) is 3.14. The van der Waals surface area contributed by atoms with Gasteiger partial charge < -0.3 is 5.11 Å². The van der Waals surface area contributed by atoms with Crippen LogP contribution in [0.1, 0.15) is 23.6 Å². The molecule has 3 nitrogen and oxygen atoms in total. The summed E-state index contributed by atoms with van der Waals surface area (Å²) in [6, 6.07) is 5.21. The molecule has 4 heteroatoms. The third-order valence-corrected chi connectivity index (χ3v) is 2.42. The first-order chi connectivity index (χ1) is 7.08. The van der Waals surface area contributed by atoms with Crippen molar-refractivity contribution in [1.29, 1.82) is 5.26 Å². The zero-order valence-electron chi connectivity index (χ0n) is 8.25. The monoisotopic (exact) mass is 223 g/mol. The number of aliphatic carboxylic acids is 1. The fraction of sp³-hybridized carbons (Fsp3) is 0.273. The van der Waals surface area contributed by atoms with Crippen LogP contribution >= 0.6 is 11.6 Å². The molecule has 1 N–H and O–H groups in total. The van der Waals surface area contributed by atoms with Gasteiger partial charge in [0.25, 0.3) is 0 Å². The largest absolute Gasteiger partial charge is 0.481 e. The maximum atomic E-state index is 10.5. The molecule has 0 aliphatic heterocycles. The van der Waals surface area contributed by atoms with Crippen LogP contribution in [0, 0.1) is 11.3 Å². The molecule has 78 valence electrons. The molecule has 0 radical (unpaired) electrons. The summed E-state index contributed by atoms with van der Waals surface area (Å²) in [6.07, 6.45) is 0.549. The smallest absolute Gasteiger partial charge is 0.307 e. The number of nitrogens with zero attached hydrogens (tertiary/aromatic N) is 1. The van der Waals surface area contributed by atoms with E-state index in [0.717, 1.165) is 5.56 Å². The molecule has 0 aromatic heterocycles. The Labute approximate surface area is 92.9 Å². The highest BCUT2D eigenvalue weighted by Gasteiger charge is 2.09. The first-order valence-electron chi connectivity index (χ1n) is 4.51. The van der Waals surface area contributed by atoms with Crippen LogP contribution in [0.15, 0.2) is 12.1 Å². The molecular weight excluding hydrogens is 214 g/mol. The van der Waals surface area contributed by atoms with E-state index in [0.29, 0.717) is 22.6 Å². The zero-order chi connectivity index (χ0) is 11.4. The average molecular weight is 224 g/mol. The van der Waals surface area contributed by atoms with Crippen LogP contribution in [0.4, 0.5) is 0 Å². The van der Waals surface area contributed by atoms with E-state index in [2.05, 4.69) is 0 Å². The molecule has 0 atom stereocenters. The number of carbonyl (C=O) groups is 1. The van der Waals surface area contributed by atoms with E-state index in [1.807, 2.05) is 13.0 Å². The number of benzene rings is 1. The average Bonchev–Trinajstić information content (AvgIpc) is 2.15. The molecule has 0 saturated heterocycles. The molecule has 0 aliphatic rings. The molecular formula is C11H10ClNO2. The molecule has 0 heterocycles. The lowest BCUT2D eigenvalue weighted by molar-refractivity contribution is -0.136. The number of nitriles is 1. The minimum atomic E-state index is -0.931. The molecule has 1 aromatic rings. The third-order valence-electron chi connectivity index (χ3n) is 2.08. The van der Waals surface area contributed by atoms with E-state index >= 15 is 0 Å². The Balaban J connectivity index is 3.21. The molecule has 0 fully saturated rings. The highest BCUT2D eigenvalue weighted by molar-refractivity contribution is 6.31. The number of carboxylic acids is 1. The Hall–Kier alpha value is -1.53. The van der Waals surface area contributed by atoms with Crippen molar-refractivity contribution in [1.82, 2.24) is 0 Å². The van der Waals surface area contributed by atoms with Crippen LogP contribution in [0.25, 0.3) is 0 Å². The number of hydrogen-bond donors (Lipinski definition) is 1. The molecule has 0 amide bonds. The first-order valence-corrected chi connectivity index (χ1v) is 4.89. The molecule has 0 saturated carbocycles. The quantitative estimate of drug-likeness (QED) is 0.856. The van der Waals surface area contributed by atoms with E-state index in [-0.39, 0.29) is 6.42 Å². The summed E-state index contributed by atoms with van der Waals surface area (Å²) in [5.74, 6) is -0.931. The molecule has 0 spiro atoms. The Bertz CT molecular complexity index is 435. The van der Waals surface area contributed by atoms with Gasteiger partial charge in [-0.15, -0.1) is 0 Å². The predicted molar refractivity (Wildman–Crippen MR) is 56.9 cm³/mol. The Kier molecular flexibility index (Phi) is 3.70. The Morgan fingerprint density at radius 2 is 2.27 bits per heavy atom. The summed E-state index contributed by atoms with van der Waals surface area (Å²) >= 11 is 5.95. The van der Waals surface area contributed by atoms with Crippen molar-refractivity contribution in [2.45, 2.75) is 19.8 Å². The minimum Gasteiger partial charge on any atom is -0.481 e. The highest BCUT2D eigenvalue weighted by atomic mass is 35.5. The molecule has 0 aliphatic carbocycles. The predicted octanol–water partition coefficient (Wildman–Crippen LogP) is 2.40. The van der Waals surface area contributed by atoms with Crippen molar-refractivity contribution in [3.05, 3.63) is 33.8 Å². The number of carboxylic acid groups (broad SMARTS) is 1. The lowest BCUT2D eigenvalue weighted by atomic mass is 10.0. The van der Waals surface area contributed by atoms with Crippen LogP contribution in [-0.4, -0.2) is 11.1 Å². The molecule has 0 bridgehead atoms. The second-order valence-corrected chi connectivity index (χ2v) is 3.55. The van der Waals surface area contributed by atoms with Gasteiger partial charge in [-0.1, -0.05) is 18.5 Å². The van der Waals surface area contributed by atoms with Crippen LogP contribution in [0.2, 0.25) is 5.02 Å². The summed E-state index contributed by atoms with van der Waals surface area (Å²) in [6.45, 7) is 1.90. The maximum absolute atomic E-state index is 10.5. The van der Waals surface area contributed by atoms with Crippen molar-refractivity contribution in [3.63, 3.8) is 0 Å². The SMILES string of the molecule is CCc1c(Cl)cc(CC(=O)O)cc1C#N. The molecule has 0 unspecified atom stereocenters. The van der Waals surface area contributed by atoms with Gasteiger partial charge in [-0.3, -0.25) is 4.79 Å². The van der Waals surface area contributed by atoms with Crippen LogP contribution in [-0.2, 0) is 17.6 Å². The summed E-state index contributed by atoms with van der Waals surface area (Å²) in [4.78, 5) is 10.5. The van der Waals surface area contributed by atoms with Crippen LogP contribution < -0.4 is 0 Å². The van der Waals surface area contributed by atoms with E-state index in [1.165, 1.54) is 0 Å². The third kappa shape index (κ3) is 2.71. The van der Waals surface area contributed by atoms with E-state index in [9.17, 15) is 4.79 Å². The second kappa shape index (κ2) is 4.81. The van der Waals surface area contributed by atoms with Crippen molar-refractivity contribution in [2.24, 2.45) is 0 Å². The topological polar surface area (TPSA) is 61.1 Å². The summed E-state index contributed by atoms with van der Waals surface area (Å²) in [5.41, 5.74) is 1.79. The van der Waals surface area contributed by atoms with Crippen molar-refractivity contribution in [2.75, 3.05) is 0 Å². The molecule has 1 rings (SSSR count). The van der Waals surface area contributed by atoms with Crippen LogP contribution in [0.3, 0.4) is 0 Å². The Morgan fingerprint density at radius 1 is 1.60 bits per heavy atom. The normalized spacial score (nSPS) is 9.67. The fourth-order valence-electron chi connectivity index (χ4n) is 1.43. The van der Waals surface area contributed by atoms with Gasteiger partial charge in [0.2, 0.25) is 0 Å². The minimum absolute atomic E-state index is 0.113. The van der Waals surface area contributed by atoms with Gasteiger partial charge in [-0.2, -0.15) is 5.26 Å². The van der Waals surface area contributed by atoms with Gasteiger partial charge in [0.05, 0.1) is 18.1 Å². The van der Waals surface area contributed by atoms with E-state index in [4.69, 9.17) is 22.0 Å². The van der Waals surface area contributed by atoms with Gasteiger partial charge in [-0.25, -0.2) is 0 Å². The number of hydrogen-bond acceptors (Lipinski definition) is 2. The number of rotatable bonds is 3. The van der Waals surface area contributed by atoms with Crippen molar-refractivity contribution >= 4 is 17.6 Å². The van der Waals surface area contributed by atoms with Gasteiger partial charge in [0.15, 0.2) is 0 Å². The summed E-state index contributed by atoms with van der Waals surface area (Å²) in [5, 5.41) is 18.0. The van der Waals surface area contributed by atoms with Gasteiger partial charge in [0, 0.05) is 5.02 Å². The molecule has 1 aromatic carbocycles. The highest BCUT2D eigenvalue weighted by Crippen LogP contribution is 2.23. The maximum Gasteiger partial charge on any atom is 0.307 e. The van der Waals surface area contributed by atoms with Crippen molar-refractivity contribution < 1.29 is 9.90 Å². The van der Waals surface area contributed by atoms with Crippen molar-refractivity contribution in [3.8, 4) is 6.07 Å². The lowest BCUT2D eigenvalue weighted by Gasteiger charge is -2.06.